The number of para-hydroxylation sites is 1. The summed E-state index contributed by atoms with van der Waals surface area (Å²) in [6.45, 7) is 2.03. The van der Waals surface area contributed by atoms with Crippen molar-refractivity contribution in [2.75, 3.05) is 6.61 Å². The summed E-state index contributed by atoms with van der Waals surface area (Å²) in [7, 11) is 0. The van der Waals surface area contributed by atoms with Crippen LogP contribution in [0.1, 0.15) is 18.7 Å². The Morgan fingerprint density at radius 2 is 2.15 bits per heavy atom. The van der Waals surface area contributed by atoms with Gasteiger partial charge in [-0.05, 0) is 19.1 Å². The maximum Gasteiger partial charge on any atom is 1.00 e. The molecule has 1 aromatic carbocycles. The molecule has 0 spiro atoms. The topological polar surface area (TPSA) is 46.5 Å². The molecule has 0 radical (unpaired) electrons. The molecule has 0 atom stereocenters. The van der Waals surface area contributed by atoms with E-state index in [1.54, 1.807) is 19.1 Å². The van der Waals surface area contributed by atoms with Gasteiger partial charge in [0.25, 0.3) is 0 Å². The Morgan fingerprint density at radius 1 is 1.54 bits per heavy atom. The molecule has 66 valence electrons. The molecule has 1 rings (SSSR count). The second-order valence-corrected chi connectivity index (χ2v) is 2.24. The van der Waals surface area contributed by atoms with E-state index >= 15 is 0 Å². The molecule has 0 unspecified atom stereocenters. The monoisotopic (exact) mass is 190 g/mol. The Hall–Kier alpha value is -0.510. The predicted molar refractivity (Wildman–Crippen MR) is 45.2 cm³/mol. The minimum atomic E-state index is -0.490. The Labute approximate surface area is 100 Å². The second kappa shape index (κ2) is 6.02. The van der Waals surface area contributed by atoms with E-state index in [1.807, 2.05) is 0 Å². The fourth-order valence-corrected chi connectivity index (χ4v) is 0.855. The number of phenols is 1. The van der Waals surface area contributed by atoms with Crippen LogP contribution in [0.2, 0.25) is 0 Å². The number of hydrogen-bond acceptors (Lipinski definition) is 3. The fourth-order valence-electron chi connectivity index (χ4n) is 0.855. The van der Waals surface area contributed by atoms with Crippen molar-refractivity contribution in [3.05, 3.63) is 29.8 Å². The van der Waals surface area contributed by atoms with Crippen molar-refractivity contribution in [3.8, 4) is 5.75 Å². The molecule has 0 aliphatic carbocycles. The van der Waals surface area contributed by atoms with Crippen LogP contribution in [0.4, 0.5) is 0 Å². The van der Waals surface area contributed by atoms with Crippen LogP contribution >= 0.6 is 0 Å². The van der Waals surface area contributed by atoms with Crippen LogP contribution in [0.25, 0.3) is 0 Å². The van der Waals surface area contributed by atoms with Crippen molar-refractivity contribution in [1.29, 1.82) is 0 Å². The Kier molecular flexibility index (Phi) is 5.79. The molecule has 0 fully saturated rings. The minimum Gasteiger partial charge on any atom is -1.00 e. The van der Waals surface area contributed by atoms with Crippen molar-refractivity contribution < 1.29 is 45.6 Å². The smallest absolute Gasteiger partial charge is 1.00 e. The number of hydrogen-bond donors (Lipinski definition) is 1. The first-order valence-electron chi connectivity index (χ1n) is 3.70. The number of benzene rings is 1. The first kappa shape index (κ1) is 12.5. The Balaban J connectivity index is 0. The molecular formula is C9H11NaO3. The van der Waals surface area contributed by atoms with Crippen molar-refractivity contribution in [3.63, 3.8) is 0 Å². The molecule has 1 N–H and O–H groups in total. The van der Waals surface area contributed by atoms with Crippen LogP contribution in [0, 0.1) is 0 Å². The third kappa shape index (κ3) is 3.38. The molecule has 0 aliphatic heterocycles. The van der Waals surface area contributed by atoms with Crippen molar-refractivity contribution >= 4 is 5.97 Å². The Morgan fingerprint density at radius 3 is 2.69 bits per heavy atom. The largest absolute Gasteiger partial charge is 1.00 e. The summed E-state index contributed by atoms with van der Waals surface area (Å²) >= 11 is 0. The molecule has 1 aromatic rings. The van der Waals surface area contributed by atoms with Gasteiger partial charge >= 0.3 is 35.5 Å². The molecule has 4 heteroatoms. The quantitative estimate of drug-likeness (QED) is 0.465. The molecule has 13 heavy (non-hydrogen) atoms. The summed E-state index contributed by atoms with van der Waals surface area (Å²) < 4.78 is 4.71. The number of phenolic OH excluding ortho intramolecular Hbond substituents is 1. The zero-order valence-electron chi connectivity index (χ0n) is 8.78. The van der Waals surface area contributed by atoms with Gasteiger partial charge in [-0.1, -0.05) is 12.1 Å². The van der Waals surface area contributed by atoms with E-state index in [0.29, 0.717) is 6.61 Å². The standard InChI is InChI=1S/C9H10O3.Na.H/c1-2-12-9(11)7-5-3-4-6-8(7)10;;/h3-6,10H,2H2,1H3;;/q;+1;-1. The van der Waals surface area contributed by atoms with Gasteiger partial charge in [-0.25, -0.2) is 4.79 Å². The number of rotatable bonds is 2. The summed E-state index contributed by atoms with van der Waals surface area (Å²) in [5, 5.41) is 9.21. The van der Waals surface area contributed by atoms with Gasteiger partial charge in [0.2, 0.25) is 0 Å². The number of esters is 1. The van der Waals surface area contributed by atoms with Gasteiger partial charge in [0, 0.05) is 0 Å². The minimum absolute atomic E-state index is 0. The summed E-state index contributed by atoms with van der Waals surface area (Å²) in [6.07, 6.45) is 0. The molecule has 0 saturated carbocycles. The zero-order chi connectivity index (χ0) is 8.97. The predicted octanol–water partition coefficient (Wildman–Crippen LogP) is -1.31. The normalized spacial score (nSPS) is 8.69. The van der Waals surface area contributed by atoms with Crippen LogP contribution in [-0.4, -0.2) is 17.7 Å². The van der Waals surface area contributed by atoms with Crippen LogP contribution in [0.15, 0.2) is 24.3 Å². The molecule has 0 saturated heterocycles. The van der Waals surface area contributed by atoms with E-state index < -0.39 is 5.97 Å². The average Bonchev–Trinajstić information content (AvgIpc) is 2.05. The van der Waals surface area contributed by atoms with Gasteiger partial charge in [-0.2, -0.15) is 0 Å². The molecule has 0 bridgehead atoms. The molecule has 0 amide bonds. The van der Waals surface area contributed by atoms with E-state index in [0.717, 1.165) is 0 Å². The zero-order valence-corrected chi connectivity index (χ0v) is 9.78. The summed E-state index contributed by atoms with van der Waals surface area (Å²) in [5.74, 6) is -0.536. The van der Waals surface area contributed by atoms with Crippen LogP contribution in [0.5, 0.6) is 5.75 Å². The number of ether oxygens (including phenoxy) is 1. The third-order valence-electron chi connectivity index (χ3n) is 1.40. The van der Waals surface area contributed by atoms with Gasteiger partial charge in [-0.15, -0.1) is 0 Å². The molecule has 3 nitrogen and oxygen atoms in total. The number of aromatic hydroxyl groups is 1. The van der Waals surface area contributed by atoms with Crippen molar-refractivity contribution in [2.24, 2.45) is 0 Å². The van der Waals surface area contributed by atoms with Gasteiger partial charge in [0.1, 0.15) is 11.3 Å². The SMILES string of the molecule is CCOC(=O)c1ccccc1O.[H-].[Na+]. The van der Waals surface area contributed by atoms with Gasteiger partial charge < -0.3 is 11.3 Å². The molecular weight excluding hydrogens is 179 g/mol. The molecule has 0 aliphatic rings. The van der Waals surface area contributed by atoms with E-state index in [2.05, 4.69) is 0 Å². The second-order valence-electron chi connectivity index (χ2n) is 2.24. The number of carbonyl (C=O) groups excluding carboxylic acids is 1. The number of carbonyl (C=O) groups is 1. The Bertz CT molecular complexity index is 291. The molecule has 0 aromatic heterocycles. The summed E-state index contributed by atoms with van der Waals surface area (Å²) in [5.41, 5.74) is 0.208. The average molecular weight is 190 g/mol. The first-order chi connectivity index (χ1) is 5.75. The summed E-state index contributed by atoms with van der Waals surface area (Å²) in [6, 6.07) is 6.30. The van der Waals surface area contributed by atoms with E-state index in [9.17, 15) is 9.90 Å². The van der Waals surface area contributed by atoms with Gasteiger partial charge in [0.15, 0.2) is 0 Å². The van der Waals surface area contributed by atoms with Crippen LogP contribution in [-0.2, 0) is 4.74 Å². The third-order valence-corrected chi connectivity index (χ3v) is 1.40. The first-order valence-corrected chi connectivity index (χ1v) is 3.70. The van der Waals surface area contributed by atoms with E-state index in [4.69, 9.17) is 4.74 Å². The maximum absolute atomic E-state index is 11.1. The van der Waals surface area contributed by atoms with E-state index in [1.165, 1.54) is 12.1 Å². The van der Waals surface area contributed by atoms with Gasteiger partial charge in [-0.3, -0.25) is 0 Å². The van der Waals surface area contributed by atoms with Crippen LogP contribution in [0.3, 0.4) is 0 Å². The maximum atomic E-state index is 11.1. The van der Waals surface area contributed by atoms with E-state index in [-0.39, 0.29) is 42.3 Å². The van der Waals surface area contributed by atoms with Crippen LogP contribution < -0.4 is 29.6 Å². The summed E-state index contributed by atoms with van der Waals surface area (Å²) in [4.78, 5) is 11.1. The molecule has 0 heterocycles. The van der Waals surface area contributed by atoms with Crippen molar-refractivity contribution in [1.82, 2.24) is 0 Å². The van der Waals surface area contributed by atoms with Gasteiger partial charge in [0.05, 0.1) is 6.61 Å². The fraction of sp³-hybridized carbons (Fsp3) is 0.222. The van der Waals surface area contributed by atoms with Crippen molar-refractivity contribution in [2.45, 2.75) is 6.92 Å².